The second kappa shape index (κ2) is 4.30. The Morgan fingerprint density at radius 2 is 2.11 bits per heavy atom. The van der Waals surface area contributed by atoms with Crippen molar-refractivity contribution in [3.05, 3.63) is 35.4 Å². The van der Waals surface area contributed by atoms with Crippen molar-refractivity contribution in [2.24, 2.45) is 11.3 Å². The highest BCUT2D eigenvalue weighted by Crippen LogP contribution is 2.67. The Morgan fingerprint density at radius 3 is 2.89 bits per heavy atom. The van der Waals surface area contributed by atoms with Crippen LogP contribution in [0.4, 0.5) is 0 Å². The molecule has 0 heterocycles. The molecule has 0 spiro atoms. The monoisotopic (exact) mass is 260 g/mol. The number of hydrogen-bond acceptors (Lipinski definition) is 1. The first-order valence-corrected chi connectivity index (χ1v) is 7.89. The summed E-state index contributed by atoms with van der Waals surface area (Å²) in [5, 5.41) is 0. The van der Waals surface area contributed by atoms with Gasteiger partial charge in [0, 0.05) is 4.75 Å². The normalized spacial score (nSPS) is 37.6. The molecule has 1 heteroatoms. The van der Waals surface area contributed by atoms with E-state index in [9.17, 15) is 0 Å². The minimum atomic E-state index is 0.138. The van der Waals surface area contributed by atoms with Crippen molar-refractivity contribution in [2.45, 2.75) is 57.1 Å². The first kappa shape index (κ1) is 12.6. The summed E-state index contributed by atoms with van der Waals surface area (Å²) >= 11 is 5.27. The fraction of sp³-hybridized carbons (Fsp3) is 0.647. The molecule has 0 aromatic heterocycles. The van der Waals surface area contributed by atoms with Crippen LogP contribution in [0, 0.1) is 11.3 Å². The smallest absolute Gasteiger partial charge is 0.0465 e. The molecule has 98 valence electrons. The van der Waals surface area contributed by atoms with Crippen LogP contribution in [-0.4, -0.2) is 0 Å². The Labute approximate surface area is 117 Å². The van der Waals surface area contributed by atoms with Crippen LogP contribution in [0.5, 0.6) is 0 Å². The number of unbranched alkanes of at least 4 members (excludes halogenated alkanes) is 1. The lowest BCUT2D eigenvalue weighted by molar-refractivity contribution is 0.211. The summed E-state index contributed by atoms with van der Waals surface area (Å²) in [7, 11) is 0. The predicted molar refractivity (Wildman–Crippen MR) is 81.2 cm³/mol. The topological polar surface area (TPSA) is 0 Å². The molecule has 1 saturated carbocycles. The Bertz CT molecular complexity index is 453. The fourth-order valence-electron chi connectivity index (χ4n) is 4.52. The van der Waals surface area contributed by atoms with Crippen LogP contribution in [0.2, 0.25) is 0 Å². The van der Waals surface area contributed by atoms with Gasteiger partial charge in [0.15, 0.2) is 0 Å². The lowest BCUT2D eigenvalue weighted by Crippen LogP contribution is -2.36. The highest BCUT2D eigenvalue weighted by atomic mass is 32.1. The van der Waals surface area contributed by atoms with E-state index in [-0.39, 0.29) is 4.75 Å². The third kappa shape index (κ3) is 1.46. The first-order valence-electron chi connectivity index (χ1n) is 7.45. The van der Waals surface area contributed by atoms with Gasteiger partial charge < -0.3 is 0 Å². The zero-order chi connectivity index (χ0) is 12.8. The highest BCUT2D eigenvalue weighted by Gasteiger charge is 2.60. The average molecular weight is 260 g/mol. The van der Waals surface area contributed by atoms with Crippen molar-refractivity contribution in [1.29, 1.82) is 0 Å². The molecule has 3 rings (SSSR count). The van der Waals surface area contributed by atoms with Gasteiger partial charge in [-0.3, -0.25) is 0 Å². The van der Waals surface area contributed by atoms with Crippen molar-refractivity contribution in [1.82, 2.24) is 0 Å². The molecule has 1 aromatic rings. The molecular formula is C17H24S. The van der Waals surface area contributed by atoms with Gasteiger partial charge in [0.1, 0.15) is 0 Å². The summed E-state index contributed by atoms with van der Waals surface area (Å²) in [6, 6.07) is 9.04. The van der Waals surface area contributed by atoms with E-state index in [0.717, 1.165) is 0 Å². The molecule has 3 unspecified atom stereocenters. The van der Waals surface area contributed by atoms with Crippen LogP contribution < -0.4 is 0 Å². The van der Waals surface area contributed by atoms with E-state index < -0.39 is 0 Å². The van der Waals surface area contributed by atoms with Gasteiger partial charge in [-0.25, -0.2) is 0 Å². The molecule has 2 aliphatic rings. The average Bonchev–Trinajstić information content (AvgIpc) is 2.78. The quantitative estimate of drug-likeness (QED) is 0.728. The second-order valence-electron chi connectivity index (χ2n) is 6.42. The molecule has 0 nitrogen and oxygen atoms in total. The van der Waals surface area contributed by atoms with Crippen molar-refractivity contribution in [2.75, 3.05) is 0 Å². The Kier molecular flexibility index (Phi) is 3.01. The number of fused-ring (bicyclic) bond motifs is 3. The standard InChI is InChI=1S/C17H24S/c1-3-4-10-16-11-9-13(2)17(16,18)15-8-6-5-7-14(15)12-16/h5-8,13,18H,3-4,9-12H2,1-2H3. The molecule has 0 amide bonds. The van der Waals surface area contributed by atoms with Crippen LogP contribution in [0.25, 0.3) is 0 Å². The minimum absolute atomic E-state index is 0.138. The van der Waals surface area contributed by atoms with Gasteiger partial charge in [-0.15, -0.1) is 0 Å². The van der Waals surface area contributed by atoms with Gasteiger partial charge in [0.2, 0.25) is 0 Å². The molecule has 0 aliphatic heterocycles. The van der Waals surface area contributed by atoms with Crippen molar-refractivity contribution >= 4 is 12.6 Å². The number of thiol groups is 1. The first-order chi connectivity index (χ1) is 8.64. The zero-order valence-electron chi connectivity index (χ0n) is 11.6. The highest BCUT2D eigenvalue weighted by molar-refractivity contribution is 7.81. The van der Waals surface area contributed by atoms with E-state index >= 15 is 0 Å². The minimum Gasteiger partial charge on any atom is -0.167 e. The molecule has 0 N–H and O–H groups in total. The Hall–Kier alpha value is -0.430. The molecule has 18 heavy (non-hydrogen) atoms. The molecule has 1 fully saturated rings. The van der Waals surface area contributed by atoms with E-state index in [2.05, 4.69) is 38.1 Å². The maximum Gasteiger partial charge on any atom is 0.0465 e. The maximum absolute atomic E-state index is 5.27. The third-order valence-electron chi connectivity index (χ3n) is 5.54. The van der Waals surface area contributed by atoms with Gasteiger partial charge in [0.05, 0.1) is 0 Å². The van der Waals surface area contributed by atoms with Gasteiger partial charge >= 0.3 is 0 Å². The maximum atomic E-state index is 5.27. The fourth-order valence-corrected chi connectivity index (χ4v) is 5.17. The molecular weight excluding hydrogens is 236 g/mol. The van der Waals surface area contributed by atoms with Crippen molar-refractivity contribution < 1.29 is 0 Å². The van der Waals surface area contributed by atoms with Crippen LogP contribution in [0.3, 0.4) is 0 Å². The summed E-state index contributed by atoms with van der Waals surface area (Å²) in [6.07, 6.45) is 7.98. The zero-order valence-corrected chi connectivity index (χ0v) is 12.5. The van der Waals surface area contributed by atoms with Gasteiger partial charge in [0.25, 0.3) is 0 Å². The van der Waals surface area contributed by atoms with E-state index in [1.54, 1.807) is 5.56 Å². The van der Waals surface area contributed by atoms with Crippen LogP contribution in [0.1, 0.15) is 57.1 Å². The molecule has 0 saturated heterocycles. The van der Waals surface area contributed by atoms with Crippen LogP contribution in [-0.2, 0) is 11.2 Å². The molecule has 1 aromatic carbocycles. The molecule has 2 aliphatic carbocycles. The Balaban J connectivity index is 2.07. The summed E-state index contributed by atoms with van der Waals surface area (Å²) in [6.45, 7) is 4.71. The molecule has 0 radical (unpaired) electrons. The Morgan fingerprint density at radius 1 is 1.33 bits per heavy atom. The van der Waals surface area contributed by atoms with E-state index in [1.807, 2.05) is 0 Å². The summed E-state index contributed by atoms with van der Waals surface area (Å²) in [5.74, 6) is 0.710. The number of benzene rings is 1. The van der Waals surface area contributed by atoms with Crippen molar-refractivity contribution in [3.63, 3.8) is 0 Å². The van der Waals surface area contributed by atoms with Crippen molar-refractivity contribution in [3.8, 4) is 0 Å². The predicted octanol–water partition coefficient (Wildman–Crippen LogP) is 4.97. The van der Waals surface area contributed by atoms with Gasteiger partial charge in [-0.1, -0.05) is 51.0 Å². The largest absolute Gasteiger partial charge is 0.167 e. The van der Waals surface area contributed by atoms with E-state index in [1.165, 1.54) is 44.1 Å². The lowest BCUT2D eigenvalue weighted by atomic mass is 9.72. The van der Waals surface area contributed by atoms with Gasteiger partial charge in [-0.05, 0) is 48.1 Å². The molecule has 3 atom stereocenters. The van der Waals surface area contributed by atoms with E-state index in [4.69, 9.17) is 12.6 Å². The van der Waals surface area contributed by atoms with E-state index in [0.29, 0.717) is 11.3 Å². The molecule has 0 bridgehead atoms. The number of rotatable bonds is 3. The van der Waals surface area contributed by atoms with Crippen LogP contribution >= 0.6 is 12.6 Å². The lowest BCUT2D eigenvalue weighted by Gasteiger charge is -2.40. The summed E-state index contributed by atoms with van der Waals surface area (Å²) in [4.78, 5) is 0. The number of hydrogen-bond donors (Lipinski definition) is 1. The van der Waals surface area contributed by atoms with Crippen LogP contribution in [0.15, 0.2) is 24.3 Å². The third-order valence-corrected chi connectivity index (χ3v) is 6.70. The summed E-state index contributed by atoms with van der Waals surface area (Å²) in [5.41, 5.74) is 3.54. The SMILES string of the molecule is CCCCC12CCC(C)C1(S)c1ccccc1C2. The second-order valence-corrected chi connectivity index (χ2v) is 7.13. The summed E-state index contributed by atoms with van der Waals surface area (Å²) < 4.78 is 0.138. The van der Waals surface area contributed by atoms with Gasteiger partial charge in [-0.2, -0.15) is 12.6 Å².